The van der Waals surface area contributed by atoms with Crippen LogP contribution in [0.3, 0.4) is 0 Å². The van der Waals surface area contributed by atoms with Gasteiger partial charge in [-0.15, -0.1) is 0 Å². The van der Waals surface area contributed by atoms with Crippen LogP contribution < -0.4 is 0 Å². The molecular formula is C10H6FN3. The molecule has 14 heavy (non-hydrogen) atoms. The first-order valence-electron chi connectivity index (χ1n) is 4.23. The Hall–Kier alpha value is -1.97. The van der Waals surface area contributed by atoms with E-state index in [0.717, 1.165) is 10.9 Å². The molecule has 4 heteroatoms. The lowest BCUT2D eigenvalue weighted by Gasteiger charge is -1.90. The Morgan fingerprint density at radius 2 is 2.07 bits per heavy atom. The summed E-state index contributed by atoms with van der Waals surface area (Å²) in [5.74, 6) is -0.384. The lowest BCUT2D eigenvalue weighted by atomic mass is 10.2. The van der Waals surface area contributed by atoms with Crippen molar-refractivity contribution in [3.63, 3.8) is 0 Å². The Labute approximate surface area is 78.8 Å². The van der Waals surface area contributed by atoms with Gasteiger partial charge in [-0.3, -0.25) is 0 Å². The molecule has 1 aromatic carbocycles. The van der Waals surface area contributed by atoms with Crippen LogP contribution in [0.1, 0.15) is 0 Å². The Kier molecular flexibility index (Phi) is 1.33. The molecule has 3 nitrogen and oxygen atoms in total. The monoisotopic (exact) mass is 187 g/mol. The summed E-state index contributed by atoms with van der Waals surface area (Å²) in [4.78, 5) is 3.99. The molecule has 2 heterocycles. The Morgan fingerprint density at radius 3 is 3.00 bits per heavy atom. The molecule has 0 aliphatic rings. The Bertz CT molecular complexity index is 615. The summed E-state index contributed by atoms with van der Waals surface area (Å²) in [5.41, 5.74) is 1.51. The van der Waals surface area contributed by atoms with Gasteiger partial charge in [0, 0.05) is 5.39 Å². The highest BCUT2D eigenvalue weighted by molar-refractivity contribution is 5.91. The van der Waals surface area contributed by atoms with E-state index in [0.29, 0.717) is 5.65 Å². The number of fused-ring (bicyclic) bond motifs is 3. The van der Waals surface area contributed by atoms with Crippen LogP contribution in [0.15, 0.2) is 36.7 Å². The average Bonchev–Trinajstić information content (AvgIpc) is 2.54. The predicted molar refractivity (Wildman–Crippen MR) is 50.5 cm³/mol. The number of hydrogen-bond acceptors (Lipinski definition) is 2. The van der Waals surface area contributed by atoms with Crippen LogP contribution in [0, 0.1) is 5.82 Å². The summed E-state index contributed by atoms with van der Waals surface area (Å²) in [5, 5.41) is 5.13. The topological polar surface area (TPSA) is 30.2 Å². The van der Waals surface area contributed by atoms with E-state index >= 15 is 0 Å². The van der Waals surface area contributed by atoms with Gasteiger partial charge in [-0.25, -0.2) is 13.9 Å². The summed E-state index contributed by atoms with van der Waals surface area (Å²) < 4.78 is 14.3. The second kappa shape index (κ2) is 2.51. The average molecular weight is 187 g/mol. The van der Waals surface area contributed by atoms with Crippen molar-refractivity contribution in [1.29, 1.82) is 0 Å². The first-order chi connectivity index (χ1) is 6.84. The summed E-state index contributed by atoms with van der Waals surface area (Å²) in [6.07, 6.45) is 2.52. The maximum Gasteiger partial charge on any atom is 0.163 e. The molecule has 0 aliphatic carbocycles. The first-order valence-corrected chi connectivity index (χ1v) is 4.23. The van der Waals surface area contributed by atoms with E-state index in [1.54, 1.807) is 0 Å². The molecule has 2 aromatic heterocycles. The molecule has 0 unspecified atom stereocenters. The molecule has 0 fully saturated rings. The van der Waals surface area contributed by atoms with Gasteiger partial charge in [-0.1, -0.05) is 12.1 Å². The van der Waals surface area contributed by atoms with E-state index < -0.39 is 0 Å². The van der Waals surface area contributed by atoms with E-state index in [-0.39, 0.29) is 5.82 Å². The molecule has 0 radical (unpaired) electrons. The van der Waals surface area contributed by atoms with Crippen LogP contribution in [0.2, 0.25) is 0 Å². The van der Waals surface area contributed by atoms with Crippen LogP contribution >= 0.6 is 0 Å². The van der Waals surface area contributed by atoms with Crippen molar-refractivity contribution in [3.8, 4) is 0 Å². The highest BCUT2D eigenvalue weighted by atomic mass is 19.1. The van der Waals surface area contributed by atoms with Gasteiger partial charge in [0.25, 0.3) is 0 Å². The summed E-state index contributed by atoms with van der Waals surface area (Å²) in [7, 11) is 0. The molecule has 0 amide bonds. The molecule has 0 bridgehead atoms. The van der Waals surface area contributed by atoms with Crippen LogP contribution in [0.5, 0.6) is 0 Å². The normalized spacial score (nSPS) is 11.2. The molecule has 3 rings (SSSR count). The third-order valence-electron chi connectivity index (χ3n) is 2.13. The molecule has 3 aromatic rings. The highest BCUT2D eigenvalue weighted by Crippen LogP contribution is 2.16. The van der Waals surface area contributed by atoms with Crippen molar-refractivity contribution >= 4 is 16.6 Å². The van der Waals surface area contributed by atoms with E-state index in [1.165, 1.54) is 16.9 Å². The van der Waals surface area contributed by atoms with E-state index in [4.69, 9.17) is 0 Å². The fourth-order valence-electron chi connectivity index (χ4n) is 1.53. The first kappa shape index (κ1) is 7.44. The van der Waals surface area contributed by atoms with Crippen LogP contribution in [0.25, 0.3) is 16.6 Å². The molecule has 0 aliphatic heterocycles. The van der Waals surface area contributed by atoms with Gasteiger partial charge >= 0.3 is 0 Å². The van der Waals surface area contributed by atoms with Crippen molar-refractivity contribution in [3.05, 3.63) is 42.5 Å². The van der Waals surface area contributed by atoms with Crippen molar-refractivity contribution in [2.24, 2.45) is 0 Å². The van der Waals surface area contributed by atoms with Crippen LogP contribution in [-0.2, 0) is 0 Å². The molecule has 0 spiro atoms. The lowest BCUT2D eigenvalue weighted by Crippen LogP contribution is -1.90. The van der Waals surface area contributed by atoms with Crippen LogP contribution in [0.4, 0.5) is 4.39 Å². The minimum atomic E-state index is -0.384. The summed E-state index contributed by atoms with van der Waals surface area (Å²) in [6, 6.07) is 7.60. The number of hydrogen-bond donors (Lipinski definition) is 0. The zero-order valence-electron chi connectivity index (χ0n) is 7.18. The molecule has 0 N–H and O–H groups in total. The largest absolute Gasteiger partial charge is 0.233 e. The van der Waals surface area contributed by atoms with Crippen molar-refractivity contribution < 1.29 is 4.39 Å². The van der Waals surface area contributed by atoms with Crippen molar-refractivity contribution in [2.45, 2.75) is 0 Å². The molecule has 68 valence electrons. The minimum absolute atomic E-state index is 0.384. The van der Waals surface area contributed by atoms with E-state index in [1.807, 2.05) is 24.3 Å². The standard InChI is InChI=1S/C10H6FN3/c11-7-5-12-10-8-3-1-2-4-9(8)13-14(10)6-7/h1-6H. The van der Waals surface area contributed by atoms with Gasteiger partial charge in [0.2, 0.25) is 0 Å². The van der Waals surface area contributed by atoms with Crippen molar-refractivity contribution in [1.82, 2.24) is 14.6 Å². The van der Waals surface area contributed by atoms with Gasteiger partial charge in [0.1, 0.15) is 0 Å². The number of halogens is 1. The molecule has 0 atom stereocenters. The smallest absolute Gasteiger partial charge is 0.163 e. The van der Waals surface area contributed by atoms with Crippen molar-refractivity contribution in [2.75, 3.05) is 0 Å². The van der Waals surface area contributed by atoms with E-state index in [9.17, 15) is 4.39 Å². The number of benzene rings is 1. The number of aromatic nitrogens is 3. The third-order valence-corrected chi connectivity index (χ3v) is 2.13. The fourth-order valence-corrected chi connectivity index (χ4v) is 1.53. The molecule has 0 saturated heterocycles. The molecule has 0 saturated carbocycles. The number of nitrogens with zero attached hydrogens (tertiary/aromatic N) is 3. The quantitative estimate of drug-likeness (QED) is 0.539. The van der Waals surface area contributed by atoms with E-state index in [2.05, 4.69) is 10.1 Å². The summed E-state index contributed by atoms with van der Waals surface area (Å²) in [6.45, 7) is 0. The van der Waals surface area contributed by atoms with Crippen LogP contribution in [-0.4, -0.2) is 14.6 Å². The highest BCUT2D eigenvalue weighted by Gasteiger charge is 2.04. The third kappa shape index (κ3) is 0.907. The predicted octanol–water partition coefficient (Wildman–Crippen LogP) is 2.02. The van der Waals surface area contributed by atoms with Gasteiger partial charge < -0.3 is 0 Å². The Balaban J connectivity index is 2.57. The lowest BCUT2D eigenvalue weighted by molar-refractivity contribution is 0.607. The molecular weight excluding hydrogens is 181 g/mol. The van der Waals surface area contributed by atoms with Gasteiger partial charge in [-0.05, 0) is 12.1 Å². The number of rotatable bonds is 0. The summed E-state index contributed by atoms with van der Waals surface area (Å²) >= 11 is 0. The SMILES string of the molecule is Fc1cnc2c3ccccc3nn2c1. The fraction of sp³-hybridized carbons (Fsp3) is 0. The minimum Gasteiger partial charge on any atom is -0.233 e. The van der Waals surface area contributed by atoms with Gasteiger partial charge in [0.05, 0.1) is 17.9 Å². The Morgan fingerprint density at radius 1 is 1.21 bits per heavy atom. The van der Waals surface area contributed by atoms with Gasteiger partial charge in [0.15, 0.2) is 11.5 Å². The zero-order valence-corrected chi connectivity index (χ0v) is 7.18. The zero-order chi connectivity index (χ0) is 9.54. The maximum absolute atomic E-state index is 12.8. The second-order valence-electron chi connectivity index (χ2n) is 3.06. The maximum atomic E-state index is 12.8. The second-order valence-corrected chi connectivity index (χ2v) is 3.06. The van der Waals surface area contributed by atoms with Gasteiger partial charge in [-0.2, -0.15) is 5.10 Å².